The number of ether oxygens (including phenoxy) is 2. The van der Waals surface area contributed by atoms with Crippen LogP contribution >= 0.6 is 0 Å². The van der Waals surface area contributed by atoms with Crippen molar-refractivity contribution in [3.8, 4) is 5.75 Å². The molecule has 2 amide bonds. The molecule has 7 nitrogen and oxygen atoms in total. The molecule has 0 radical (unpaired) electrons. The molecule has 0 spiro atoms. The number of nitrogens with one attached hydrogen (secondary N) is 1. The SMILES string of the molecule is CCc1ccc(NC(=O)[C@H](C)OC(=O)CN2C(=O)CCOc3ccccc32)cc1. The van der Waals surface area contributed by atoms with Gasteiger partial charge in [0.1, 0.15) is 12.3 Å². The minimum absolute atomic E-state index is 0.158. The molecule has 1 aliphatic rings. The van der Waals surface area contributed by atoms with Crippen molar-refractivity contribution < 1.29 is 23.9 Å². The van der Waals surface area contributed by atoms with Crippen molar-refractivity contribution in [3.63, 3.8) is 0 Å². The number of rotatable bonds is 6. The smallest absolute Gasteiger partial charge is 0.326 e. The Morgan fingerprint density at radius 1 is 1.17 bits per heavy atom. The first kappa shape index (κ1) is 20.4. The number of hydrogen-bond acceptors (Lipinski definition) is 5. The Hall–Kier alpha value is -3.35. The Kier molecular flexibility index (Phi) is 6.49. The average molecular weight is 396 g/mol. The summed E-state index contributed by atoms with van der Waals surface area (Å²) in [5, 5.41) is 2.72. The highest BCUT2D eigenvalue weighted by Crippen LogP contribution is 2.30. The number of benzene rings is 2. The van der Waals surface area contributed by atoms with E-state index in [0.717, 1.165) is 12.0 Å². The molecule has 7 heteroatoms. The Morgan fingerprint density at radius 2 is 1.90 bits per heavy atom. The zero-order chi connectivity index (χ0) is 20.8. The predicted molar refractivity (Wildman–Crippen MR) is 109 cm³/mol. The van der Waals surface area contributed by atoms with Crippen LogP contribution < -0.4 is 15.0 Å². The number of fused-ring (bicyclic) bond motifs is 1. The standard InChI is InChI=1S/C22H24N2O5/c1-3-16-8-10-17(11-9-16)23-22(27)15(2)29-21(26)14-24-18-6-4-5-7-19(18)28-13-12-20(24)25/h4-11,15H,3,12-14H2,1-2H3,(H,23,27)/t15-/m0/s1. The predicted octanol–water partition coefficient (Wildman–Crippen LogP) is 2.93. The molecular formula is C22H24N2O5. The normalized spacial score (nSPS) is 14.3. The van der Waals surface area contributed by atoms with Crippen LogP contribution in [0, 0.1) is 0 Å². The van der Waals surface area contributed by atoms with Gasteiger partial charge in [-0.1, -0.05) is 31.2 Å². The van der Waals surface area contributed by atoms with E-state index in [-0.39, 0.29) is 25.5 Å². The second-order valence-corrected chi connectivity index (χ2v) is 6.72. The largest absolute Gasteiger partial charge is 0.491 e. The van der Waals surface area contributed by atoms with E-state index >= 15 is 0 Å². The van der Waals surface area contributed by atoms with Crippen molar-refractivity contribution in [3.05, 3.63) is 54.1 Å². The Morgan fingerprint density at radius 3 is 2.62 bits per heavy atom. The maximum absolute atomic E-state index is 12.4. The van der Waals surface area contributed by atoms with Gasteiger partial charge in [-0.2, -0.15) is 0 Å². The quantitative estimate of drug-likeness (QED) is 0.759. The lowest BCUT2D eigenvalue weighted by atomic mass is 10.1. The van der Waals surface area contributed by atoms with E-state index in [2.05, 4.69) is 12.2 Å². The van der Waals surface area contributed by atoms with Crippen LogP contribution in [0.15, 0.2) is 48.5 Å². The van der Waals surface area contributed by atoms with E-state index in [1.165, 1.54) is 11.8 Å². The van der Waals surface area contributed by atoms with Gasteiger partial charge in [-0.15, -0.1) is 0 Å². The molecule has 1 atom stereocenters. The molecule has 0 aliphatic carbocycles. The summed E-state index contributed by atoms with van der Waals surface area (Å²) in [5.74, 6) is -0.806. The molecule has 0 saturated heterocycles. The van der Waals surface area contributed by atoms with E-state index in [1.54, 1.807) is 36.4 Å². The van der Waals surface area contributed by atoms with Crippen molar-refractivity contribution in [2.24, 2.45) is 0 Å². The highest BCUT2D eigenvalue weighted by atomic mass is 16.5. The molecule has 0 bridgehead atoms. The molecule has 3 rings (SSSR count). The van der Waals surface area contributed by atoms with Crippen LogP contribution in [-0.2, 0) is 25.5 Å². The van der Waals surface area contributed by atoms with E-state index in [9.17, 15) is 14.4 Å². The molecule has 0 aromatic heterocycles. The van der Waals surface area contributed by atoms with Gasteiger partial charge in [0.2, 0.25) is 5.91 Å². The fourth-order valence-corrected chi connectivity index (χ4v) is 2.98. The minimum atomic E-state index is -0.998. The zero-order valence-corrected chi connectivity index (χ0v) is 16.5. The number of para-hydroxylation sites is 2. The van der Waals surface area contributed by atoms with E-state index in [4.69, 9.17) is 9.47 Å². The molecule has 29 heavy (non-hydrogen) atoms. The van der Waals surface area contributed by atoms with E-state index < -0.39 is 18.0 Å². The summed E-state index contributed by atoms with van der Waals surface area (Å²) >= 11 is 0. The van der Waals surface area contributed by atoms with Crippen molar-refractivity contribution in [2.45, 2.75) is 32.8 Å². The van der Waals surface area contributed by atoms with Gasteiger partial charge in [-0.25, -0.2) is 0 Å². The van der Waals surface area contributed by atoms with Crippen LogP contribution in [0.5, 0.6) is 5.75 Å². The highest BCUT2D eigenvalue weighted by molar-refractivity contribution is 6.00. The summed E-state index contributed by atoms with van der Waals surface area (Å²) in [5.41, 5.74) is 2.30. The van der Waals surface area contributed by atoms with Gasteiger partial charge in [0.25, 0.3) is 5.91 Å². The molecular weight excluding hydrogens is 372 g/mol. The average Bonchev–Trinajstić information content (AvgIpc) is 2.87. The summed E-state index contributed by atoms with van der Waals surface area (Å²) in [6.45, 7) is 3.50. The molecule has 0 unspecified atom stereocenters. The number of carbonyl (C=O) groups excluding carboxylic acids is 3. The lowest BCUT2D eigenvalue weighted by Crippen LogP contribution is -2.39. The number of anilines is 2. The third-order valence-corrected chi connectivity index (χ3v) is 4.62. The van der Waals surface area contributed by atoms with Crippen molar-refractivity contribution in [1.82, 2.24) is 0 Å². The summed E-state index contributed by atoms with van der Waals surface area (Å²) in [6.07, 6.45) is 0.0686. The van der Waals surface area contributed by atoms with Gasteiger partial charge >= 0.3 is 5.97 Å². The first-order chi connectivity index (χ1) is 14.0. The molecule has 1 heterocycles. The van der Waals surface area contributed by atoms with Crippen LogP contribution in [-0.4, -0.2) is 37.0 Å². The highest BCUT2D eigenvalue weighted by Gasteiger charge is 2.27. The van der Waals surface area contributed by atoms with Gasteiger partial charge in [0, 0.05) is 5.69 Å². The van der Waals surface area contributed by atoms with Crippen LogP contribution in [0.4, 0.5) is 11.4 Å². The molecule has 152 valence electrons. The summed E-state index contributed by atoms with van der Waals surface area (Å²) in [4.78, 5) is 38.4. The Balaban J connectivity index is 1.60. The monoisotopic (exact) mass is 396 g/mol. The number of aryl methyl sites for hydroxylation is 1. The van der Waals surface area contributed by atoms with Gasteiger partial charge < -0.3 is 14.8 Å². The summed E-state index contributed by atoms with van der Waals surface area (Å²) in [7, 11) is 0. The molecule has 2 aromatic carbocycles. The van der Waals surface area contributed by atoms with Gasteiger partial charge in [-0.3, -0.25) is 19.3 Å². The maximum Gasteiger partial charge on any atom is 0.326 e. The van der Waals surface area contributed by atoms with E-state index in [1.807, 2.05) is 12.1 Å². The van der Waals surface area contributed by atoms with Crippen molar-refractivity contribution in [1.29, 1.82) is 0 Å². The summed E-state index contributed by atoms with van der Waals surface area (Å²) < 4.78 is 10.8. The van der Waals surface area contributed by atoms with Gasteiger partial charge in [0.05, 0.1) is 18.7 Å². The molecule has 2 aromatic rings. The first-order valence-corrected chi connectivity index (χ1v) is 9.59. The van der Waals surface area contributed by atoms with Crippen LogP contribution in [0.2, 0.25) is 0 Å². The van der Waals surface area contributed by atoms with Gasteiger partial charge in [0.15, 0.2) is 6.10 Å². The van der Waals surface area contributed by atoms with E-state index in [0.29, 0.717) is 17.1 Å². The fourth-order valence-electron chi connectivity index (χ4n) is 2.98. The van der Waals surface area contributed by atoms with Crippen LogP contribution in [0.3, 0.4) is 0 Å². The zero-order valence-electron chi connectivity index (χ0n) is 16.5. The molecule has 0 saturated carbocycles. The second-order valence-electron chi connectivity index (χ2n) is 6.72. The first-order valence-electron chi connectivity index (χ1n) is 9.59. The van der Waals surface area contributed by atoms with Crippen LogP contribution in [0.1, 0.15) is 25.8 Å². The third kappa shape index (κ3) is 5.13. The minimum Gasteiger partial charge on any atom is -0.491 e. The number of amides is 2. The number of esters is 1. The topological polar surface area (TPSA) is 84.9 Å². The number of hydrogen-bond donors (Lipinski definition) is 1. The summed E-state index contributed by atoms with van der Waals surface area (Å²) in [6, 6.07) is 14.5. The molecule has 1 aliphatic heterocycles. The Bertz CT molecular complexity index is 894. The van der Waals surface area contributed by atoms with Crippen LogP contribution in [0.25, 0.3) is 0 Å². The third-order valence-electron chi connectivity index (χ3n) is 4.62. The van der Waals surface area contributed by atoms with Crippen molar-refractivity contribution in [2.75, 3.05) is 23.4 Å². The second kappa shape index (κ2) is 9.23. The van der Waals surface area contributed by atoms with Crippen molar-refractivity contribution >= 4 is 29.2 Å². The maximum atomic E-state index is 12.4. The molecule has 1 N–H and O–H groups in total. The lowest BCUT2D eigenvalue weighted by Gasteiger charge is -2.22. The van der Waals surface area contributed by atoms with Gasteiger partial charge in [-0.05, 0) is 43.2 Å². The molecule has 0 fully saturated rings. The fraction of sp³-hybridized carbons (Fsp3) is 0.318. The Labute approximate surface area is 169 Å². The number of carbonyl (C=O) groups is 3. The number of nitrogens with zero attached hydrogens (tertiary/aromatic N) is 1. The lowest BCUT2D eigenvalue weighted by molar-refractivity contribution is -0.152.